The number of thiophene rings is 1. The monoisotopic (exact) mass is 342 g/mol. The minimum atomic E-state index is -3.51. The number of carbonyl (C=O) groups excluding carboxylic acids is 1. The smallest absolute Gasteiger partial charge is 0.250 e. The summed E-state index contributed by atoms with van der Waals surface area (Å²) in [5.41, 5.74) is 0.566. The molecule has 0 atom stereocenters. The maximum Gasteiger partial charge on any atom is 0.250 e. The number of hydrogen-bond donors (Lipinski definition) is 2. The molecule has 0 aliphatic rings. The molecule has 1 aromatic heterocycles. The van der Waals surface area contributed by atoms with Crippen molar-refractivity contribution in [3.63, 3.8) is 0 Å². The lowest BCUT2D eigenvalue weighted by Crippen LogP contribution is -2.35. The Balaban J connectivity index is 1.74. The van der Waals surface area contributed by atoms with Crippen LogP contribution in [0.2, 0.25) is 0 Å². The summed E-state index contributed by atoms with van der Waals surface area (Å²) in [6.07, 6.45) is 0.0510. The van der Waals surface area contributed by atoms with Crippen molar-refractivity contribution in [2.75, 3.05) is 13.1 Å². The van der Waals surface area contributed by atoms with Crippen molar-refractivity contribution in [1.82, 2.24) is 10.0 Å². The largest absolute Gasteiger partial charge is 0.355 e. The molecule has 22 heavy (non-hydrogen) atoms. The van der Waals surface area contributed by atoms with Crippen molar-refractivity contribution < 1.29 is 17.6 Å². The summed E-state index contributed by atoms with van der Waals surface area (Å²) in [6, 6.07) is 8.95. The first-order chi connectivity index (χ1) is 10.5. The van der Waals surface area contributed by atoms with Crippen molar-refractivity contribution in [2.24, 2.45) is 0 Å². The number of benzene rings is 1. The van der Waals surface area contributed by atoms with Crippen LogP contribution < -0.4 is 10.0 Å². The zero-order valence-electron chi connectivity index (χ0n) is 11.6. The van der Waals surface area contributed by atoms with Crippen LogP contribution in [0.1, 0.15) is 5.56 Å². The van der Waals surface area contributed by atoms with E-state index in [1.807, 2.05) is 0 Å². The van der Waals surface area contributed by atoms with Crippen molar-refractivity contribution in [1.29, 1.82) is 0 Å². The molecular formula is C14H15FN2O3S2. The maximum absolute atomic E-state index is 13.0. The number of nitrogens with one attached hydrogen (secondary N) is 2. The molecule has 0 spiro atoms. The van der Waals surface area contributed by atoms with Gasteiger partial charge in [-0.3, -0.25) is 4.79 Å². The first-order valence-corrected chi connectivity index (χ1v) is 8.88. The highest BCUT2D eigenvalue weighted by atomic mass is 32.2. The molecular weight excluding hydrogens is 327 g/mol. The van der Waals surface area contributed by atoms with Crippen molar-refractivity contribution in [3.8, 4) is 0 Å². The van der Waals surface area contributed by atoms with Crippen LogP contribution in [-0.4, -0.2) is 27.4 Å². The molecule has 2 aromatic rings. The minimum Gasteiger partial charge on any atom is -0.355 e. The number of carbonyl (C=O) groups is 1. The predicted octanol–water partition coefficient (Wildman–Crippen LogP) is 1.52. The van der Waals surface area contributed by atoms with Gasteiger partial charge in [0.15, 0.2) is 0 Å². The molecule has 1 aromatic carbocycles. The van der Waals surface area contributed by atoms with Gasteiger partial charge >= 0.3 is 0 Å². The Morgan fingerprint density at radius 1 is 1.18 bits per heavy atom. The van der Waals surface area contributed by atoms with Gasteiger partial charge in [0.1, 0.15) is 10.0 Å². The second-order valence-corrected chi connectivity index (χ2v) is 7.43. The van der Waals surface area contributed by atoms with Crippen LogP contribution in [0.25, 0.3) is 0 Å². The summed E-state index contributed by atoms with van der Waals surface area (Å²) in [5, 5.41) is 4.26. The highest BCUT2D eigenvalue weighted by molar-refractivity contribution is 7.91. The molecule has 0 saturated heterocycles. The minimum absolute atomic E-state index is 0.0510. The molecule has 0 aliphatic carbocycles. The van der Waals surface area contributed by atoms with Gasteiger partial charge in [-0.1, -0.05) is 18.2 Å². The molecule has 0 unspecified atom stereocenters. The summed E-state index contributed by atoms with van der Waals surface area (Å²) in [7, 11) is -3.51. The molecule has 0 bridgehead atoms. The highest BCUT2D eigenvalue weighted by Crippen LogP contribution is 2.14. The number of halogens is 1. The van der Waals surface area contributed by atoms with E-state index in [9.17, 15) is 17.6 Å². The van der Waals surface area contributed by atoms with E-state index in [4.69, 9.17) is 0 Å². The van der Waals surface area contributed by atoms with Gasteiger partial charge in [-0.25, -0.2) is 17.5 Å². The zero-order valence-corrected chi connectivity index (χ0v) is 13.2. The summed E-state index contributed by atoms with van der Waals surface area (Å²) >= 11 is 1.12. The fourth-order valence-corrected chi connectivity index (χ4v) is 3.84. The molecule has 0 aliphatic heterocycles. The average molecular weight is 342 g/mol. The van der Waals surface area contributed by atoms with E-state index in [0.29, 0.717) is 5.56 Å². The van der Waals surface area contributed by atoms with E-state index in [2.05, 4.69) is 10.0 Å². The summed E-state index contributed by atoms with van der Waals surface area (Å²) in [4.78, 5) is 11.7. The lowest BCUT2D eigenvalue weighted by molar-refractivity contribution is -0.120. The molecule has 2 N–H and O–H groups in total. The molecule has 8 heteroatoms. The third-order valence-corrected chi connectivity index (χ3v) is 5.61. The van der Waals surface area contributed by atoms with Crippen LogP contribution in [0.4, 0.5) is 4.39 Å². The second kappa shape index (κ2) is 7.48. The average Bonchev–Trinajstić information content (AvgIpc) is 2.99. The lowest BCUT2D eigenvalue weighted by Gasteiger charge is -2.07. The van der Waals surface area contributed by atoms with E-state index in [1.54, 1.807) is 17.5 Å². The standard InChI is InChI=1S/C14H15FN2O3S2/c15-12-4-1-3-11(9-12)10-13(18)16-6-7-17-22(19,20)14-5-2-8-21-14/h1-5,8-9,17H,6-7,10H2,(H,16,18). The fourth-order valence-electron chi connectivity index (χ4n) is 1.77. The Labute approximate surface area is 132 Å². The molecule has 1 amide bonds. The van der Waals surface area contributed by atoms with E-state index >= 15 is 0 Å². The Hall–Kier alpha value is -1.77. The molecule has 0 fully saturated rings. The van der Waals surface area contributed by atoms with Gasteiger partial charge in [0.05, 0.1) is 6.42 Å². The maximum atomic E-state index is 13.0. The zero-order chi connectivity index (χ0) is 16.0. The van der Waals surface area contributed by atoms with Crippen molar-refractivity contribution >= 4 is 27.3 Å². The summed E-state index contributed by atoms with van der Waals surface area (Å²) in [5.74, 6) is -0.685. The lowest BCUT2D eigenvalue weighted by atomic mass is 10.1. The molecule has 0 radical (unpaired) electrons. The Bertz CT molecular complexity index is 730. The molecule has 1 heterocycles. The summed E-state index contributed by atoms with van der Waals surface area (Å²) < 4.78 is 39.2. The first kappa shape index (κ1) is 16.6. The molecule has 2 rings (SSSR count). The second-order valence-electron chi connectivity index (χ2n) is 4.49. The van der Waals surface area contributed by atoms with Gasteiger partial charge in [0, 0.05) is 13.1 Å². The topological polar surface area (TPSA) is 75.3 Å². The van der Waals surface area contributed by atoms with Crippen LogP contribution in [0, 0.1) is 5.82 Å². The van der Waals surface area contributed by atoms with E-state index < -0.39 is 15.8 Å². The van der Waals surface area contributed by atoms with E-state index in [0.717, 1.165) is 11.3 Å². The van der Waals surface area contributed by atoms with Crippen molar-refractivity contribution in [3.05, 3.63) is 53.2 Å². The third kappa shape index (κ3) is 4.90. The van der Waals surface area contributed by atoms with Gasteiger partial charge in [-0.15, -0.1) is 11.3 Å². The molecule has 118 valence electrons. The fraction of sp³-hybridized carbons (Fsp3) is 0.214. The van der Waals surface area contributed by atoms with Crippen LogP contribution in [0.5, 0.6) is 0 Å². The van der Waals surface area contributed by atoms with Gasteiger partial charge in [0.25, 0.3) is 0 Å². The number of hydrogen-bond acceptors (Lipinski definition) is 4. The number of sulfonamides is 1. The van der Waals surface area contributed by atoms with Crippen LogP contribution >= 0.6 is 11.3 Å². The van der Waals surface area contributed by atoms with Gasteiger partial charge < -0.3 is 5.32 Å². The van der Waals surface area contributed by atoms with Crippen LogP contribution in [0.3, 0.4) is 0 Å². The molecule has 0 saturated carbocycles. The Morgan fingerprint density at radius 2 is 2.00 bits per heavy atom. The van der Waals surface area contributed by atoms with Crippen LogP contribution in [-0.2, 0) is 21.2 Å². The van der Waals surface area contributed by atoms with Gasteiger partial charge in [-0.05, 0) is 29.1 Å². The number of amides is 1. The summed E-state index contributed by atoms with van der Waals surface area (Å²) in [6.45, 7) is 0.258. The number of rotatable bonds is 7. The SMILES string of the molecule is O=C(Cc1cccc(F)c1)NCCNS(=O)(=O)c1cccs1. The highest BCUT2D eigenvalue weighted by Gasteiger charge is 2.14. The Kier molecular flexibility index (Phi) is 5.64. The normalized spacial score (nSPS) is 11.3. The quantitative estimate of drug-likeness (QED) is 0.749. The third-order valence-electron chi connectivity index (χ3n) is 2.75. The van der Waals surface area contributed by atoms with Gasteiger partial charge in [-0.2, -0.15) is 0 Å². The molecule has 5 nitrogen and oxygen atoms in total. The Morgan fingerprint density at radius 3 is 2.68 bits per heavy atom. The first-order valence-electron chi connectivity index (χ1n) is 6.52. The predicted molar refractivity (Wildman–Crippen MR) is 82.6 cm³/mol. The van der Waals surface area contributed by atoms with Crippen LogP contribution in [0.15, 0.2) is 46.0 Å². The van der Waals surface area contributed by atoms with E-state index in [-0.39, 0.29) is 29.6 Å². The van der Waals surface area contributed by atoms with E-state index in [1.165, 1.54) is 24.3 Å². The van der Waals surface area contributed by atoms with Crippen molar-refractivity contribution in [2.45, 2.75) is 10.6 Å². The van der Waals surface area contributed by atoms with Gasteiger partial charge in [0.2, 0.25) is 15.9 Å².